The number of ether oxygens (including phenoxy) is 1. The van der Waals surface area contributed by atoms with Gasteiger partial charge in [-0.1, -0.05) is 12.1 Å². The molecule has 27 heavy (non-hydrogen) atoms. The third kappa shape index (κ3) is 2.38. The number of rotatable bonds is 3. The van der Waals surface area contributed by atoms with E-state index in [-0.39, 0.29) is 24.7 Å². The van der Waals surface area contributed by atoms with E-state index in [2.05, 4.69) is 5.32 Å². The minimum absolute atomic E-state index is 0.174. The molecule has 2 aliphatic heterocycles. The second kappa shape index (κ2) is 6.12. The molecule has 138 valence electrons. The molecule has 0 bridgehead atoms. The summed E-state index contributed by atoms with van der Waals surface area (Å²) in [5, 5.41) is 2.85. The van der Waals surface area contributed by atoms with Crippen molar-refractivity contribution in [3.8, 4) is 5.75 Å². The number of anilines is 2. The maximum atomic E-state index is 13.3. The molecule has 1 N–H and O–H groups in total. The van der Waals surface area contributed by atoms with E-state index in [1.807, 2.05) is 0 Å². The number of fused-ring (bicyclic) bond motifs is 3. The van der Waals surface area contributed by atoms with Crippen LogP contribution < -0.4 is 15.0 Å². The van der Waals surface area contributed by atoms with E-state index in [9.17, 15) is 14.4 Å². The maximum absolute atomic E-state index is 13.3. The Bertz CT molecular complexity index is 940. The molecule has 1 saturated heterocycles. The van der Waals surface area contributed by atoms with Crippen LogP contribution in [0, 0.1) is 0 Å². The highest BCUT2D eigenvalue weighted by molar-refractivity contribution is 6.18. The van der Waals surface area contributed by atoms with Gasteiger partial charge in [0.1, 0.15) is 5.75 Å². The van der Waals surface area contributed by atoms with Crippen LogP contribution in [-0.2, 0) is 9.59 Å². The molecule has 2 aliphatic rings. The molecule has 7 heteroatoms. The van der Waals surface area contributed by atoms with Crippen molar-refractivity contribution in [2.24, 2.45) is 0 Å². The van der Waals surface area contributed by atoms with Crippen molar-refractivity contribution in [1.82, 2.24) is 4.90 Å². The molecule has 2 aromatic carbocycles. The first-order chi connectivity index (χ1) is 13.0. The van der Waals surface area contributed by atoms with Gasteiger partial charge in [-0.25, -0.2) is 0 Å². The van der Waals surface area contributed by atoms with Crippen LogP contribution in [0.15, 0.2) is 48.5 Å². The van der Waals surface area contributed by atoms with Crippen molar-refractivity contribution >= 4 is 29.1 Å². The van der Waals surface area contributed by atoms with E-state index in [0.29, 0.717) is 22.7 Å². The molecule has 2 aromatic rings. The molecule has 0 spiro atoms. The fourth-order valence-corrected chi connectivity index (χ4v) is 3.83. The quantitative estimate of drug-likeness (QED) is 0.905. The highest BCUT2D eigenvalue weighted by Crippen LogP contribution is 2.44. The lowest BCUT2D eigenvalue weighted by Gasteiger charge is -2.47. The van der Waals surface area contributed by atoms with Crippen molar-refractivity contribution in [2.45, 2.75) is 18.5 Å². The molecule has 0 aromatic heterocycles. The van der Waals surface area contributed by atoms with Crippen LogP contribution in [0.2, 0.25) is 0 Å². The molecule has 0 aliphatic carbocycles. The van der Waals surface area contributed by atoms with Crippen LogP contribution in [0.25, 0.3) is 0 Å². The number of methoxy groups -OCH3 is 1. The maximum Gasteiger partial charge on any atom is 0.271 e. The van der Waals surface area contributed by atoms with E-state index in [1.54, 1.807) is 62.7 Å². The van der Waals surface area contributed by atoms with Gasteiger partial charge in [0.25, 0.3) is 11.8 Å². The van der Waals surface area contributed by atoms with Gasteiger partial charge in [0.05, 0.1) is 18.4 Å². The van der Waals surface area contributed by atoms with Gasteiger partial charge in [-0.3, -0.25) is 19.3 Å². The summed E-state index contributed by atoms with van der Waals surface area (Å²) in [6, 6.07) is 13.8. The highest BCUT2D eigenvalue weighted by Gasteiger charge is 2.59. The molecule has 3 amide bonds. The third-order valence-corrected chi connectivity index (χ3v) is 5.25. The minimum Gasteiger partial charge on any atom is -0.497 e. The molecule has 4 rings (SSSR count). The summed E-state index contributed by atoms with van der Waals surface area (Å²) in [7, 11) is 3.13. The van der Waals surface area contributed by atoms with Crippen LogP contribution in [0.3, 0.4) is 0 Å². The number of likely N-dealkylation sites (N-methyl/N-ethyl adjacent to an activating group) is 1. The summed E-state index contributed by atoms with van der Waals surface area (Å²) < 4.78 is 5.12. The summed E-state index contributed by atoms with van der Waals surface area (Å²) in [5.41, 5.74) is 0.0907. The first-order valence-corrected chi connectivity index (χ1v) is 8.65. The summed E-state index contributed by atoms with van der Waals surface area (Å²) in [6.45, 7) is 0. The Morgan fingerprint density at radius 2 is 1.81 bits per heavy atom. The second-order valence-electron chi connectivity index (χ2n) is 6.61. The Hall–Kier alpha value is -3.35. The van der Waals surface area contributed by atoms with Gasteiger partial charge in [0.2, 0.25) is 11.6 Å². The zero-order valence-electron chi connectivity index (χ0n) is 15.1. The van der Waals surface area contributed by atoms with Crippen molar-refractivity contribution in [3.05, 3.63) is 54.1 Å². The first kappa shape index (κ1) is 17.1. The summed E-state index contributed by atoms with van der Waals surface area (Å²) in [5.74, 6) is -0.195. The highest BCUT2D eigenvalue weighted by atomic mass is 16.5. The van der Waals surface area contributed by atoms with E-state index in [1.165, 1.54) is 9.80 Å². The van der Waals surface area contributed by atoms with Crippen molar-refractivity contribution in [2.75, 3.05) is 24.4 Å². The topological polar surface area (TPSA) is 79.0 Å². The smallest absolute Gasteiger partial charge is 0.271 e. The normalized spacial score (nSPS) is 21.0. The molecule has 0 saturated carbocycles. The number of amides is 3. The van der Waals surface area contributed by atoms with Gasteiger partial charge in [-0.05, 0) is 36.4 Å². The van der Waals surface area contributed by atoms with Gasteiger partial charge in [0, 0.05) is 25.6 Å². The zero-order chi connectivity index (χ0) is 19.2. The van der Waals surface area contributed by atoms with Crippen LogP contribution >= 0.6 is 0 Å². The molecule has 7 nitrogen and oxygen atoms in total. The molecule has 0 radical (unpaired) electrons. The van der Waals surface area contributed by atoms with Gasteiger partial charge in [0.15, 0.2) is 0 Å². The number of carbonyl (C=O) groups excluding carboxylic acids is 3. The molecular formula is C20H19N3O4. The predicted molar refractivity (Wildman–Crippen MR) is 99.6 cm³/mol. The molecular weight excluding hydrogens is 346 g/mol. The Morgan fingerprint density at radius 1 is 1.11 bits per heavy atom. The van der Waals surface area contributed by atoms with Crippen molar-refractivity contribution < 1.29 is 19.1 Å². The molecule has 1 unspecified atom stereocenters. The average Bonchev–Trinajstić information content (AvgIpc) is 3.05. The number of hydrogen-bond acceptors (Lipinski definition) is 4. The van der Waals surface area contributed by atoms with E-state index in [0.717, 1.165) is 0 Å². The zero-order valence-corrected chi connectivity index (χ0v) is 15.1. The molecule has 1 atom stereocenters. The Kier molecular flexibility index (Phi) is 3.87. The lowest BCUT2D eigenvalue weighted by atomic mass is 9.96. The van der Waals surface area contributed by atoms with Crippen molar-refractivity contribution in [3.63, 3.8) is 0 Å². The number of benzene rings is 2. The Labute approximate surface area is 156 Å². The van der Waals surface area contributed by atoms with Crippen LogP contribution in [0.4, 0.5) is 11.4 Å². The average molecular weight is 365 g/mol. The SMILES string of the molecule is COc1ccc(NC(=O)C23CCC(=O)N2c2ccccc2C(=O)N3C)cc1. The number of para-hydroxylation sites is 1. The van der Waals surface area contributed by atoms with E-state index in [4.69, 9.17) is 4.74 Å². The monoisotopic (exact) mass is 365 g/mol. The van der Waals surface area contributed by atoms with Gasteiger partial charge in [-0.15, -0.1) is 0 Å². The van der Waals surface area contributed by atoms with Crippen LogP contribution in [-0.4, -0.2) is 42.4 Å². The number of nitrogens with zero attached hydrogens (tertiary/aromatic N) is 2. The van der Waals surface area contributed by atoms with Crippen molar-refractivity contribution in [1.29, 1.82) is 0 Å². The van der Waals surface area contributed by atoms with Crippen LogP contribution in [0.1, 0.15) is 23.2 Å². The Balaban J connectivity index is 1.76. The molecule has 2 heterocycles. The van der Waals surface area contributed by atoms with Gasteiger partial charge in [-0.2, -0.15) is 0 Å². The van der Waals surface area contributed by atoms with Gasteiger partial charge < -0.3 is 15.0 Å². The summed E-state index contributed by atoms with van der Waals surface area (Å²) in [6.07, 6.45) is 0.437. The first-order valence-electron chi connectivity index (χ1n) is 8.65. The Morgan fingerprint density at radius 3 is 2.52 bits per heavy atom. The lowest BCUT2D eigenvalue weighted by molar-refractivity contribution is -0.128. The standard InChI is InChI=1S/C20H19N3O4/c1-22-18(25)15-5-3-4-6-16(15)23-17(24)11-12-20(22,23)19(26)21-13-7-9-14(27-2)10-8-13/h3-10H,11-12H2,1-2H3,(H,21,26). The summed E-state index contributed by atoms with van der Waals surface area (Å²) in [4.78, 5) is 41.7. The lowest BCUT2D eigenvalue weighted by Crippen LogP contribution is -2.68. The largest absolute Gasteiger partial charge is 0.497 e. The predicted octanol–water partition coefficient (Wildman–Crippen LogP) is 2.24. The fourth-order valence-electron chi connectivity index (χ4n) is 3.83. The number of hydrogen-bond donors (Lipinski definition) is 1. The minimum atomic E-state index is -1.37. The molecule has 1 fully saturated rings. The fraction of sp³-hybridized carbons (Fsp3) is 0.250. The second-order valence-corrected chi connectivity index (χ2v) is 6.61. The van der Waals surface area contributed by atoms with Crippen LogP contribution in [0.5, 0.6) is 5.75 Å². The van der Waals surface area contributed by atoms with E-state index < -0.39 is 11.6 Å². The third-order valence-electron chi connectivity index (χ3n) is 5.25. The summed E-state index contributed by atoms with van der Waals surface area (Å²) >= 11 is 0. The number of nitrogens with one attached hydrogen (secondary N) is 1. The number of carbonyl (C=O) groups is 3. The van der Waals surface area contributed by atoms with Gasteiger partial charge >= 0.3 is 0 Å². The van der Waals surface area contributed by atoms with E-state index >= 15 is 0 Å².